The lowest BCUT2D eigenvalue weighted by Crippen LogP contribution is -2.72. The average Bonchev–Trinajstić information content (AvgIpc) is 3.85. The van der Waals surface area contributed by atoms with Crippen molar-refractivity contribution in [3.8, 4) is 0 Å². The van der Waals surface area contributed by atoms with Crippen LogP contribution >= 0.6 is 0 Å². The maximum atomic E-state index is 14.4. The number of alkyl carbamates (subject to hydrolysis) is 2. The molecule has 2 aliphatic carbocycles. The van der Waals surface area contributed by atoms with Gasteiger partial charge >= 0.3 is 18.3 Å². The molecule has 3 amide bonds. The maximum absolute atomic E-state index is 14.4. The smallest absolute Gasteiger partial charge is 0.410 e. The molecule has 5 aromatic rings. The lowest BCUT2D eigenvalue weighted by atomic mass is 9.81. The largest absolute Gasteiger partial charge is 0.445 e. The molecule has 0 radical (unpaired) electrons. The molecule has 0 aromatic heterocycles. The minimum absolute atomic E-state index is 0.0146. The molecule has 18 nitrogen and oxygen atoms in total. The first-order valence-electron chi connectivity index (χ1n) is 25.7. The van der Waals surface area contributed by atoms with E-state index < -0.39 is 91.1 Å². The topological polar surface area (TPSA) is 221 Å². The summed E-state index contributed by atoms with van der Waals surface area (Å²) in [5.74, 6) is -1.12. The van der Waals surface area contributed by atoms with Crippen LogP contribution in [0.4, 0.5) is 14.4 Å². The summed E-state index contributed by atoms with van der Waals surface area (Å²) in [6.45, 7) is 2.01. The van der Waals surface area contributed by atoms with E-state index in [4.69, 9.17) is 37.9 Å². The van der Waals surface area contributed by atoms with E-state index in [9.17, 15) is 25.0 Å². The number of amides is 3. The third kappa shape index (κ3) is 13.6. The van der Waals surface area contributed by atoms with Crippen LogP contribution in [0.5, 0.6) is 0 Å². The first-order valence-corrected chi connectivity index (χ1v) is 25.7. The molecule has 0 bridgehead atoms. The summed E-state index contributed by atoms with van der Waals surface area (Å²) in [5.41, 5.74) is 14.1. The Morgan fingerprint density at radius 1 is 0.680 bits per heavy atom. The highest BCUT2D eigenvalue weighted by atomic mass is 16.8. The Morgan fingerprint density at radius 2 is 1.16 bits per heavy atom. The van der Waals surface area contributed by atoms with Crippen molar-refractivity contribution in [2.45, 2.75) is 151 Å². The van der Waals surface area contributed by atoms with E-state index in [2.05, 4.69) is 20.7 Å². The van der Waals surface area contributed by atoms with Crippen LogP contribution in [-0.2, 0) is 70.9 Å². The Hall–Kier alpha value is -7.02. The van der Waals surface area contributed by atoms with Gasteiger partial charge in [-0.3, -0.25) is 4.90 Å². The predicted molar refractivity (Wildman–Crippen MR) is 273 cm³/mol. The highest BCUT2D eigenvalue weighted by molar-refractivity contribution is 5.69. The van der Waals surface area contributed by atoms with Crippen LogP contribution in [0, 0.1) is 0 Å². The van der Waals surface area contributed by atoms with Gasteiger partial charge in [0.25, 0.3) is 0 Å². The molecular formula is C57H64N6O12. The monoisotopic (exact) mass is 1020 g/mol. The van der Waals surface area contributed by atoms with Crippen LogP contribution < -0.4 is 10.6 Å². The fraction of sp³-hybridized carbons (Fsp3) is 0.421. The van der Waals surface area contributed by atoms with Gasteiger partial charge in [0.15, 0.2) is 12.1 Å². The third-order valence-electron chi connectivity index (χ3n) is 14.2. The zero-order valence-electron chi connectivity index (χ0n) is 41.8. The second kappa shape index (κ2) is 25.5. The van der Waals surface area contributed by atoms with E-state index in [-0.39, 0.29) is 39.4 Å². The van der Waals surface area contributed by atoms with E-state index in [1.165, 1.54) is 0 Å². The molecule has 4 fully saturated rings. The molecule has 1 spiro atoms. The number of benzene rings is 5. The molecule has 75 heavy (non-hydrogen) atoms. The Labute approximate surface area is 436 Å². The van der Waals surface area contributed by atoms with Crippen LogP contribution in [0.15, 0.2) is 157 Å². The van der Waals surface area contributed by atoms with Crippen LogP contribution in [0.2, 0.25) is 0 Å². The minimum atomic E-state index is -1.61. The first kappa shape index (κ1) is 52.8. The summed E-state index contributed by atoms with van der Waals surface area (Å²) in [4.78, 5) is 46.9. The minimum Gasteiger partial charge on any atom is -0.445 e. The number of hydrogen-bond acceptors (Lipinski definition) is 13. The van der Waals surface area contributed by atoms with Gasteiger partial charge in [-0.25, -0.2) is 14.4 Å². The number of ether oxygens (including phenoxy) is 8. The molecule has 2 saturated carbocycles. The molecule has 1 unspecified atom stereocenters. The highest BCUT2D eigenvalue weighted by Gasteiger charge is 2.62. The molecule has 2 aliphatic heterocycles. The Balaban J connectivity index is 1.05. The number of carbonyl (C=O) groups excluding carboxylic acids is 3. The molecule has 9 rings (SSSR count). The van der Waals surface area contributed by atoms with Gasteiger partial charge in [-0.05, 0) is 59.5 Å². The Kier molecular flexibility index (Phi) is 17.9. The number of nitrogens with zero attached hydrogens (tertiary/aromatic N) is 4. The van der Waals surface area contributed by atoms with E-state index in [0.717, 1.165) is 47.1 Å². The van der Waals surface area contributed by atoms with Crippen molar-refractivity contribution in [2.24, 2.45) is 5.11 Å². The van der Waals surface area contributed by atoms with E-state index in [0.29, 0.717) is 12.8 Å². The molecule has 11 atom stereocenters. The fourth-order valence-electron chi connectivity index (χ4n) is 10.4. The summed E-state index contributed by atoms with van der Waals surface area (Å²) >= 11 is 0. The molecule has 4 aliphatic rings. The summed E-state index contributed by atoms with van der Waals surface area (Å²) in [5, 5.41) is 22.5. The summed E-state index contributed by atoms with van der Waals surface area (Å²) in [6.07, 6.45) is -6.82. The second-order valence-corrected chi connectivity index (χ2v) is 19.4. The molecule has 18 heteroatoms. The number of azide groups is 1. The van der Waals surface area contributed by atoms with Gasteiger partial charge in [0.1, 0.15) is 44.2 Å². The van der Waals surface area contributed by atoms with E-state index in [1.54, 1.807) is 4.90 Å². The van der Waals surface area contributed by atoms with Crippen molar-refractivity contribution in [3.63, 3.8) is 0 Å². The fourth-order valence-corrected chi connectivity index (χ4v) is 10.4. The Bertz CT molecular complexity index is 2650. The SMILES string of the molecule is C[C@H]([C@H]1OC(O[C@@H]2[C@@H](NC(=O)OCc3ccccc3)[C@H](O)[C@@H](NC(=O)OCc3ccccc3)[C@@H]3OC4(CCCCC4)O[C@@H]23)[C@H](N=[N+]=[N-])C[C@@H]1OCc1ccccc1)N(Cc1ccccc1)C(=O)OCc1ccccc1. The maximum Gasteiger partial charge on any atom is 0.410 e. The van der Waals surface area contributed by atoms with Gasteiger partial charge in [0.2, 0.25) is 0 Å². The summed E-state index contributed by atoms with van der Waals surface area (Å²) < 4.78 is 51.9. The number of rotatable bonds is 18. The van der Waals surface area contributed by atoms with Crippen molar-refractivity contribution in [1.82, 2.24) is 15.5 Å². The van der Waals surface area contributed by atoms with Gasteiger partial charge in [0, 0.05) is 24.3 Å². The highest BCUT2D eigenvalue weighted by Crippen LogP contribution is 2.46. The third-order valence-corrected chi connectivity index (χ3v) is 14.2. The van der Waals surface area contributed by atoms with Crippen molar-refractivity contribution in [3.05, 3.63) is 190 Å². The van der Waals surface area contributed by atoms with Crippen LogP contribution in [0.25, 0.3) is 10.4 Å². The molecule has 2 heterocycles. The second-order valence-electron chi connectivity index (χ2n) is 19.4. The normalized spacial score (nSPS) is 26.1. The van der Waals surface area contributed by atoms with Crippen LogP contribution in [0.1, 0.15) is 73.3 Å². The van der Waals surface area contributed by atoms with Crippen molar-refractivity contribution in [1.29, 1.82) is 0 Å². The van der Waals surface area contributed by atoms with E-state index in [1.807, 2.05) is 159 Å². The molecular weight excluding hydrogens is 961 g/mol. The molecule has 394 valence electrons. The number of aliphatic hydroxyl groups excluding tert-OH is 1. The van der Waals surface area contributed by atoms with Crippen molar-refractivity contribution in [2.75, 3.05) is 0 Å². The van der Waals surface area contributed by atoms with Gasteiger partial charge in [-0.15, -0.1) is 0 Å². The lowest BCUT2D eigenvalue weighted by molar-refractivity contribution is -0.286. The molecule has 2 saturated heterocycles. The standard InChI is InChI=1S/C57H64N6O12/c1-38(63(33-39-20-8-2-9-21-39)56(67)71-37-43-28-16-6-17-29-43)49-45(68-34-40-22-10-3-11-23-40)32-44(61-62-58)53(72-49)73-50-46(59-54(65)69-35-41-24-12-4-13-25-41)48(64)47(60-55(66)70-36-42-26-14-5-15-27-42)51-52(50)75-57(74-51)30-18-7-19-31-57/h2-6,8-17,20-29,38,44-53,64H,7,18-19,30-37H2,1H3,(H,59,65)(H,60,66)/t38-,44-,45+,46+,47-,48+,49-,50-,51+,52+,53?/m1/s1. The summed E-state index contributed by atoms with van der Waals surface area (Å²) in [7, 11) is 0. The molecule has 3 N–H and O–H groups in total. The molecule has 5 aromatic carbocycles. The van der Waals surface area contributed by atoms with Gasteiger partial charge in [0.05, 0.1) is 43.0 Å². The van der Waals surface area contributed by atoms with Crippen LogP contribution in [-0.4, -0.2) is 101 Å². The zero-order valence-corrected chi connectivity index (χ0v) is 41.8. The number of aliphatic hydroxyl groups is 1. The lowest BCUT2D eigenvalue weighted by Gasteiger charge is -2.49. The van der Waals surface area contributed by atoms with Gasteiger partial charge in [-0.1, -0.05) is 163 Å². The number of hydrogen-bond donors (Lipinski definition) is 3. The number of carbonyl (C=O) groups is 3. The first-order chi connectivity index (χ1) is 36.6. The van der Waals surface area contributed by atoms with Crippen LogP contribution in [0.3, 0.4) is 0 Å². The number of nitrogens with one attached hydrogen (secondary N) is 2. The van der Waals surface area contributed by atoms with Crippen molar-refractivity contribution < 1.29 is 57.4 Å². The Morgan fingerprint density at radius 3 is 1.69 bits per heavy atom. The average molecular weight is 1030 g/mol. The van der Waals surface area contributed by atoms with E-state index >= 15 is 0 Å². The predicted octanol–water partition coefficient (Wildman–Crippen LogP) is 9.39. The summed E-state index contributed by atoms with van der Waals surface area (Å²) in [6, 6.07) is 42.3. The van der Waals surface area contributed by atoms with Gasteiger partial charge in [-0.2, -0.15) is 0 Å². The number of fused-ring (bicyclic) bond motifs is 1. The van der Waals surface area contributed by atoms with Crippen molar-refractivity contribution >= 4 is 18.3 Å². The van der Waals surface area contributed by atoms with Gasteiger partial charge < -0.3 is 53.6 Å². The quantitative estimate of drug-likeness (QED) is 0.0323. The zero-order chi connectivity index (χ0) is 52.0.